The molecule has 2 atom stereocenters. The number of halogens is 1. The second-order valence-corrected chi connectivity index (χ2v) is 5.34. The molecule has 5 nitrogen and oxygen atoms in total. The van der Waals surface area contributed by atoms with Gasteiger partial charge < -0.3 is 15.0 Å². The first-order chi connectivity index (χ1) is 9.04. The number of amides is 1. The molecule has 19 heavy (non-hydrogen) atoms. The van der Waals surface area contributed by atoms with Crippen molar-refractivity contribution in [2.75, 3.05) is 25.0 Å². The maximum atomic E-state index is 12.0. The van der Waals surface area contributed by atoms with Gasteiger partial charge in [-0.1, -0.05) is 11.6 Å². The molecule has 6 heteroatoms. The van der Waals surface area contributed by atoms with Crippen LogP contribution >= 0.6 is 11.6 Å². The topological polar surface area (TPSA) is 55.7 Å². The molecule has 0 aliphatic carbocycles. The lowest BCUT2D eigenvalue weighted by Gasteiger charge is -2.31. The Morgan fingerprint density at radius 3 is 2.84 bits per heavy atom. The minimum Gasteiger partial charge on any atom is -0.364 e. The summed E-state index contributed by atoms with van der Waals surface area (Å²) < 4.78 is 5.65. The van der Waals surface area contributed by atoms with Crippen LogP contribution in [0.1, 0.15) is 13.8 Å². The van der Waals surface area contributed by atoms with Crippen LogP contribution in [0.25, 0.3) is 0 Å². The van der Waals surface area contributed by atoms with E-state index >= 15 is 0 Å². The van der Waals surface area contributed by atoms with Crippen LogP contribution in [-0.4, -0.2) is 42.7 Å². The summed E-state index contributed by atoms with van der Waals surface area (Å²) >= 11 is 5.90. The summed E-state index contributed by atoms with van der Waals surface area (Å²) in [6.07, 6.45) is 1.97. The highest BCUT2D eigenvalue weighted by atomic mass is 35.5. The second kappa shape index (κ2) is 6.32. The summed E-state index contributed by atoms with van der Waals surface area (Å²) in [4.78, 5) is 17.1. The molecule has 1 aromatic heterocycles. The molecule has 0 bridgehead atoms. The van der Waals surface area contributed by atoms with Crippen LogP contribution in [0, 0.1) is 0 Å². The molecule has 2 heterocycles. The van der Waals surface area contributed by atoms with Gasteiger partial charge in [-0.15, -0.1) is 0 Å². The lowest BCUT2D eigenvalue weighted by atomic mass is 10.2. The SMILES string of the molecule is C[C@H]1C[NH+](CC(=O)Nc2cccnc2Cl)C[C@H](C)O1. The molecule has 1 amide bonds. The highest BCUT2D eigenvalue weighted by molar-refractivity contribution is 6.32. The first kappa shape index (κ1) is 14.2. The molecule has 1 aliphatic heterocycles. The van der Waals surface area contributed by atoms with Crippen LogP contribution in [0.4, 0.5) is 5.69 Å². The van der Waals surface area contributed by atoms with Gasteiger partial charge in [-0.25, -0.2) is 4.98 Å². The summed E-state index contributed by atoms with van der Waals surface area (Å²) in [5.74, 6) is -0.0498. The van der Waals surface area contributed by atoms with Crippen molar-refractivity contribution in [3.05, 3.63) is 23.5 Å². The number of morpholine rings is 1. The van der Waals surface area contributed by atoms with Crippen LogP contribution < -0.4 is 10.2 Å². The van der Waals surface area contributed by atoms with Gasteiger partial charge in [0.1, 0.15) is 25.3 Å². The number of hydrogen-bond donors (Lipinski definition) is 2. The average molecular weight is 285 g/mol. The van der Waals surface area contributed by atoms with Gasteiger partial charge in [-0.05, 0) is 26.0 Å². The zero-order valence-electron chi connectivity index (χ0n) is 11.1. The normalized spacial score (nSPS) is 27.0. The third-order valence-corrected chi connectivity index (χ3v) is 3.36. The van der Waals surface area contributed by atoms with E-state index in [-0.39, 0.29) is 18.1 Å². The number of pyridine rings is 1. The fourth-order valence-electron chi connectivity index (χ4n) is 2.43. The van der Waals surface area contributed by atoms with Crippen molar-refractivity contribution in [1.29, 1.82) is 0 Å². The Hall–Kier alpha value is -1.17. The Bertz CT molecular complexity index is 445. The second-order valence-electron chi connectivity index (χ2n) is 4.98. The van der Waals surface area contributed by atoms with Gasteiger partial charge in [-0.3, -0.25) is 4.79 Å². The third-order valence-electron chi connectivity index (χ3n) is 3.06. The van der Waals surface area contributed by atoms with Crippen molar-refractivity contribution in [3.63, 3.8) is 0 Å². The standard InChI is InChI=1S/C13H18ClN3O2/c1-9-6-17(7-10(2)19-9)8-12(18)16-11-4-3-5-15-13(11)14/h3-5,9-10H,6-8H2,1-2H3,(H,16,18)/p+1/t9-,10-/m0/s1. The summed E-state index contributed by atoms with van der Waals surface area (Å²) in [6.45, 7) is 6.18. The Labute approximate surface area is 117 Å². The zero-order chi connectivity index (χ0) is 13.8. The predicted molar refractivity (Wildman–Crippen MR) is 73.4 cm³/mol. The van der Waals surface area contributed by atoms with Crippen molar-refractivity contribution >= 4 is 23.2 Å². The van der Waals surface area contributed by atoms with Gasteiger partial charge in [0.05, 0.1) is 5.69 Å². The maximum Gasteiger partial charge on any atom is 0.279 e. The largest absolute Gasteiger partial charge is 0.364 e. The number of rotatable bonds is 3. The molecule has 0 aromatic carbocycles. The van der Waals surface area contributed by atoms with Crippen molar-refractivity contribution in [2.24, 2.45) is 0 Å². The quantitative estimate of drug-likeness (QED) is 0.789. The van der Waals surface area contributed by atoms with E-state index in [1.807, 2.05) is 13.8 Å². The van der Waals surface area contributed by atoms with Gasteiger partial charge in [0.2, 0.25) is 0 Å². The van der Waals surface area contributed by atoms with Gasteiger partial charge in [0.15, 0.2) is 11.7 Å². The van der Waals surface area contributed by atoms with E-state index in [4.69, 9.17) is 16.3 Å². The van der Waals surface area contributed by atoms with E-state index in [0.717, 1.165) is 13.1 Å². The molecule has 1 fully saturated rings. The first-order valence-corrected chi connectivity index (χ1v) is 6.82. The van der Waals surface area contributed by atoms with Gasteiger partial charge in [0, 0.05) is 6.20 Å². The van der Waals surface area contributed by atoms with E-state index in [1.54, 1.807) is 18.3 Å². The van der Waals surface area contributed by atoms with Crippen LogP contribution in [0.5, 0.6) is 0 Å². The Morgan fingerprint density at radius 1 is 1.53 bits per heavy atom. The van der Waals surface area contributed by atoms with Crippen molar-refractivity contribution in [3.8, 4) is 0 Å². The first-order valence-electron chi connectivity index (χ1n) is 6.44. The number of ether oxygens (including phenoxy) is 1. The number of carbonyl (C=O) groups excluding carboxylic acids is 1. The number of carbonyl (C=O) groups is 1. The fraction of sp³-hybridized carbons (Fsp3) is 0.538. The predicted octanol–water partition coefficient (Wildman–Crippen LogP) is 0.366. The molecule has 0 saturated carbocycles. The summed E-state index contributed by atoms with van der Waals surface area (Å²) in [5.41, 5.74) is 0.558. The van der Waals surface area contributed by atoms with E-state index in [9.17, 15) is 4.79 Å². The van der Waals surface area contributed by atoms with Crippen LogP contribution in [0.15, 0.2) is 18.3 Å². The fourth-order valence-corrected chi connectivity index (χ4v) is 2.60. The van der Waals surface area contributed by atoms with Crippen LogP contribution in [0.2, 0.25) is 5.15 Å². The number of quaternary nitrogens is 1. The Morgan fingerprint density at radius 2 is 2.21 bits per heavy atom. The summed E-state index contributed by atoms with van der Waals surface area (Å²) in [7, 11) is 0. The van der Waals surface area contributed by atoms with Gasteiger partial charge >= 0.3 is 0 Å². The summed E-state index contributed by atoms with van der Waals surface area (Å²) in [6, 6.07) is 3.49. The zero-order valence-corrected chi connectivity index (χ0v) is 11.9. The maximum absolute atomic E-state index is 12.0. The Kier molecular flexibility index (Phi) is 4.74. The van der Waals surface area contributed by atoms with E-state index in [1.165, 1.54) is 4.90 Å². The molecule has 0 unspecified atom stereocenters. The minimum atomic E-state index is -0.0498. The number of nitrogens with one attached hydrogen (secondary N) is 2. The van der Waals surface area contributed by atoms with Gasteiger partial charge in [-0.2, -0.15) is 0 Å². The Balaban J connectivity index is 1.89. The minimum absolute atomic E-state index is 0.0498. The average Bonchev–Trinajstić information content (AvgIpc) is 2.30. The molecule has 0 spiro atoms. The summed E-state index contributed by atoms with van der Waals surface area (Å²) in [5, 5.41) is 3.11. The van der Waals surface area contributed by atoms with E-state index < -0.39 is 0 Å². The monoisotopic (exact) mass is 284 g/mol. The number of hydrogen-bond acceptors (Lipinski definition) is 3. The number of aromatic nitrogens is 1. The lowest BCUT2D eigenvalue weighted by molar-refractivity contribution is -0.907. The number of nitrogens with zero attached hydrogens (tertiary/aromatic N) is 1. The highest BCUT2D eigenvalue weighted by Gasteiger charge is 2.27. The molecule has 2 rings (SSSR count). The smallest absolute Gasteiger partial charge is 0.279 e. The van der Waals surface area contributed by atoms with Crippen LogP contribution in [0.3, 0.4) is 0 Å². The van der Waals surface area contributed by atoms with E-state index in [0.29, 0.717) is 17.4 Å². The van der Waals surface area contributed by atoms with Crippen molar-refractivity contribution in [2.45, 2.75) is 26.1 Å². The molecule has 0 radical (unpaired) electrons. The molecule has 2 N–H and O–H groups in total. The molecule has 1 saturated heterocycles. The third kappa shape index (κ3) is 4.16. The van der Waals surface area contributed by atoms with Crippen molar-refractivity contribution in [1.82, 2.24) is 4.98 Å². The molecule has 1 aromatic rings. The van der Waals surface area contributed by atoms with Crippen molar-refractivity contribution < 1.29 is 14.4 Å². The highest BCUT2D eigenvalue weighted by Crippen LogP contribution is 2.16. The van der Waals surface area contributed by atoms with Gasteiger partial charge in [0.25, 0.3) is 5.91 Å². The van der Waals surface area contributed by atoms with E-state index in [2.05, 4.69) is 10.3 Å². The lowest BCUT2D eigenvalue weighted by Crippen LogP contribution is -3.16. The molecular weight excluding hydrogens is 266 g/mol. The molecule has 1 aliphatic rings. The van der Waals surface area contributed by atoms with Crippen LogP contribution in [-0.2, 0) is 9.53 Å². The number of anilines is 1. The molecular formula is C13H19ClN3O2+. The molecule has 104 valence electrons.